The van der Waals surface area contributed by atoms with Crippen molar-refractivity contribution in [3.8, 4) is 11.6 Å². The van der Waals surface area contributed by atoms with Gasteiger partial charge in [0.2, 0.25) is 5.91 Å². The van der Waals surface area contributed by atoms with E-state index in [4.69, 9.17) is 9.47 Å². The number of hydrogen-bond acceptors (Lipinski definition) is 6. The fourth-order valence-corrected chi connectivity index (χ4v) is 3.15. The van der Waals surface area contributed by atoms with Crippen molar-refractivity contribution < 1.29 is 19.1 Å². The standard InChI is InChI=1S/C24H22N4O4/c1-2-31-24(30)19-16-25-28(21-13-12-17-8-6-7-11-20(17)26-21)23(19)27-22(29)14-15-32-18-9-4-3-5-10-18/h3-13,16H,2,14-15H2,1H3,(H,27,29). The highest BCUT2D eigenvalue weighted by atomic mass is 16.5. The number of benzene rings is 2. The predicted molar refractivity (Wildman–Crippen MR) is 120 cm³/mol. The number of nitrogens with zero attached hydrogens (tertiary/aromatic N) is 3. The van der Waals surface area contributed by atoms with Crippen molar-refractivity contribution in [2.45, 2.75) is 13.3 Å². The fraction of sp³-hybridized carbons (Fsp3) is 0.167. The lowest BCUT2D eigenvalue weighted by atomic mass is 10.2. The van der Waals surface area contributed by atoms with Gasteiger partial charge in [0.05, 0.1) is 31.3 Å². The first-order chi connectivity index (χ1) is 15.7. The average molecular weight is 430 g/mol. The summed E-state index contributed by atoms with van der Waals surface area (Å²) in [7, 11) is 0. The molecule has 4 aromatic rings. The van der Waals surface area contributed by atoms with Crippen molar-refractivity contribution in [3.63, 3.8) is 0 Å². The average Bonchev–Trinajstić information content (AvgIpc) is 3.23. The number of nitrogens with one attached hydrogen (secondary N) is 1. The van der Waals surface area contributed by atoms with Crippen LogP contribution in [0, 0.1) is 0 Å². The number of anilines is 1. The molecule has 2 aromatic carbocycles. The number of carbonyl (C=O) groups excluding carboxylic acids is 2. The normalized spacial score (nSPS) is 10.7. The third kappa shape index (κ3) is 4.75. The predicted octanol–water partition coefficient (Wildman–Crippen LogP) is 4.00. The molecule has 2 heterocycles. The van der Waals surface area contributed by atoms with Gasteiger partial charge < -0.3 is 14.8 Å². The number of pyridine rings is 1. The minimum Gasteiger partial charge on any atom is -0.493 e. The minimum absolute atomic E-state index is 0.0908. The molecule has 0 aliphatic carbocycles. The van der Waals surface area contributed by atoms with Crippen molar-refractivity contribution in [2.75, 3.05) is 18.5 Å². The van der Waals surface area contributed by atoms with Gasteiger partial charge in [0.15, 0.2) is 11.6 Å². The Labute approximate surface area is 184 Å². The van der Waals surface area contributed by atoms with E-state index in [0.29, 0.717) is 11.6 Å². The summed E-state index contributed by atoms with van der Waals surface area (Å²) in [5.41, 5.74) is 0.922. The number of esters is 1. The number of aromatic nitrogens is 3. The van der Waals surface area contributed by atoms with Gasteiger partial charge in [-0.1, -0.05) is 36.4 Å². The molecule has 8 nitrogen and oxygen atoms in total. The number of rotatable bonds is 8. The zero-order valence-electron chi connectivity index (χ0n) is 17.5. The molecule has 2 aromatic heterocycles. The molecular weight excluding hydrogens is 408 g/mol. The van der Waals surface area contributed by atoms with E-state index in [1.807, 2.05) is 60.7 Å². The molecule has 0 saturated carbocycles. The van der Waals surface area contributed by atoms with Gasteiger partial charge in [-0.2, -0.15) is 9.78 Å². The molecule has 162 valence electrons. The first-order valence-electron chi connectivity index (χ1n) is 10.2. The van der Waals surface area contributed by atoms with Gasteiger partial charge in [-0.05, 0) is 37.3 Å². The Morgan fingerprint density at radius 2 is 1.78 bits per heavy atom. The summed E-state index contributed by atoms with van der Waals surface area (Å²) in [6, 6.07) is 20.6. The molecule has 0 spiro atoms. The quantitative estimate of drug-likeness (QED) is 0.425. The zero-order valence-corrected chi connectivity index (χ0v) is 17.5. The lowest BCUT2D eigenvalue weighted by Crippen LogP contribution is -2.20. The van der Waals surface area contributed by atoms with Crippen LogP contribution in [0.5, 0.6) is 5.75 Å². The largest absolute Gasteiger partial charge is 0.493 e. The van der Waals surface area contributed by atoms with Gasteiger partial charge >= 0.3 is 5.97 Å². The Hall–Kier alpha value is -4.20. The van der Waals surface area contributed by atoms with E-state index in [1.54, 1.807) is 13.0 Å². The first kappa shape index (κ1) is 21.0. The molecule has 0 radical (unpaired) electrons. The number of hydrogen-bond donors (Lipinski definition) is 1. The van der Waals surface area contributed by atoms with Crippen molar-refractivity contribution in [2.24, 2.45) is 0 Å². The van der Waals surface area contributed by atoms with Gasteiger partial charge in [-0.3, -0.25) is 4.79 Å². The van der Waals surface area contributed by atoms with Crippen LogP contribution in [0.4, 0.5) is 5.82 Å². The topological polar surface area (TPSA) is 95.3 Å². The minimum atomic E-state index is -0.574. The summed E-state index contributed by atoms with van der Waals surface area (Å²) in [6.45, 7) is 2.11. The number of amides is 1. The molecule has 0 saturated heterocycles. The molecule has 0 atom stereocenters. The molecule has 1 amide bonds. The van der Waals surface area contributed by atoms with Gasteiger partial charge in [0.1, 0.15) is 11.3 Å². The van der Waals surface area contributed by atoms with Crippen molar-refractivity contribution in [1.29, 1.82) is 0 Å². The maximum absolute atomic E-state index is 12.6. The molecule has 8 heteroatoms. The highest BCUT2D eigenvalue weighted by Gasteiger charge is 2.22. The van der Waals surface area contributed by atoms with E-state index in [-0.39, 0.29) is 36.9 Å². The summed E-state index contributed by atoms with van der Waals surface area (Å²) >= 11 is 0. The van der Waals surface area contributed by atoms with Crippen LogP contribution in [0.1, 0.15) is 23.7 Å². The SMILES string of the molecule is CCOC(=O)c1cnn(-c2ccc3ccccc3n2)c1NC(=O)CCOc1ccccc1. The van der Waals surface area contributed by atoms with Crippen LogP contribution in [0.15, 0.2) is 72.9 Å². The maximum atomic E-state index is 12.6. The van der Waals surface area contributed by atoms with E-state index in [2.05, 4.69) is 15.4 Å². The third-order valence-electron chi connectivity index (χ3n) is 4.66. The molecule has 0 aliphatic rings. The second-order valence-electron chi connectivity index (χ2n) is 6.86. The smallest absolute Gasteiger partial charge is 0.343 e. The van der Waals surface area contributed by atoms with E-state index in [9.17, 15) is 9.59 Å². The highest BCUT2D eigenvalue weighted by Crippen LogP contribution is 2.22. The Morgan fingerprint density at radius 3 is 2.59 bits per heavy atom. The molecular formula is C24H22N4O4. The number of para-hydroxylation sites is 2. The van der Waals surface area contributed by atoms with Gasteiger partial charge in [-0.15, -0.1) is 0 Å². The number of fused-ring (bicyclic) bond motifs is 1. The van der Waals surface area contributed by atoms with Crippen LogP contribution in [-0.4, -0.2) is 39.9 Å². The van der Waals surface area contributed by atoms with Crippen LogP contribution in [-0.2, 0) is 9.53 Å². The van der Waals surface area contributed by atoms with Crippen LogP contribution in [0.3, 0.4) is 0 Å². The van der Waals surface area contributed by atoms with E-state index < -0.39 is 5.97 Å². The molecule has 0 bridgehead atoms. The van der Waals surface area contributed by atoms with Crippen molar-refractivity contribution in [1.82, 2.24) is 14.8 Å². The Bertz CT molecular complexity index is 1240. The molecule has 0 fully saturated rings. The van der Waals surface area contributed by atoms with E-state index >= 15 is 0 Å². The lowest BCUT2D eigenvalue weighted by Gasteiger charge is -2.11. The van der Waals surface area contributed by atoms with E-state index in [1.165, 1.54) is 10.9 Å². The molecule has 1 N–H and O–H groups in total. The second kappa shape index (κ2) is 9.74. The van der Waals surface area contributed by atoms with Gasteiger partial charge in [0.25, 0.3) is 0 Å². The fourth-order valence-electron chi connectivity index (χ4n) is 3.15. The van der Waals surface area contributed by atoms with Gasteiger partial charge in [0, 0.05) is 5.39 Å². The van der Waals surface area contributed by atoms with E-state index in [0.717, 1.165) is 10.9 Å². The second-order valence-corrected chi connectivity index (χ2v) is 6.86. The first-order valence-corrected chi connectivity index (χ1v) is 10.2. The number of ether oxygens (including phenoxy) is 2. The molecule has 0 unspecified atom stereocenters. The molecule has 4 rings (SSSR count). The number of carbonyl (C=O) groups is 2. The van der Waals surface area contributed by atoms with Crippen molar-refractivity contribution in [3.05, 3.63) is 78.5 Å². The van der Waals surface area contributed by atoms with Crippen LogP contribution in [0.25, 0.3) is 16.7 Å². The summed E-state index contributed by atoms with van der Waals surface area (Å²) in [5, 5.41) is 8.03. The van der Waals surface area contributed by atoms with Crippen LogP contribution < -0.4 is 10.1 Å². The Morgan fingerprint density at radius 1 is 1.00 bits per heavy atom. The summed E-state index contributed by atoms with van der Waals surface area (Å²) in [6.07, 6.45) is 1.46. The van der Waals surface area contributed by atoms with Crippen LogP contribution >= 0.6 is 0 Å². The monoisotopic (exact) mass is 430 g/mol. The maximum Gasteiger partial charge on any atom is 0.343 e. The summed E-state index contributed by atoms with van der Waals surface area (Å²) < 4.78 is 12.1. The summed E-state index contributed by atoms with van der Waals surface area (Å²) in [5.74, 6) is 0.452. The summed E-state index contributed by atoms with van der Waals surface area (Å²) in [4.78, 5) is 29.7. The Kier molecular flexibility index (Phi) is 6.41. The van der Waals surface area contributed by atoms with Gasteiger partial charge in [-0.25, -0.2) is 9.78 Å². The highest BCUT2D eigenvalue weighted by molar-refractivity contribution is 6.00. The lowest BCUT2D eigenvalue weighted by molar-refractivity contribution is -0.116. The molecule has 32 heavy (non-hydrogen) atoms. The van der Waals surface area contributed by atoms with Crippen molar-refractivity contribution >= 4 is 28.6 Å². The zero-order chi connectivity index (χ0) is 22.3. The van der Waals surface area contributed by atoms with Crippen LogP contribution in [0.2, 0.25) is 0 Å². The Balaban J connectivity index is 1.57. The molecule has 0 aliphatic heterocycles. The third-order valence-corrected chi connectivity index (χ3v) is 4.66.